The lowest BCUT2D eigenvalue weighted by Crippen LogP contribution is -2.42. The van der Waals surface area contributed by atoms with E-state index in [1.165, 1.54) is 6.08 Å². The van der Waals surface area contributed by atoms with Crippen molar-refractivity contribution in [2.24, 2.45) is 0 Å². The van der Waals surface area contributed by atoms with Crippen molar-refractivity contribution >= 4 is 18.0 Å². The summed E-state index contributed by atoms with van der Waals surface area (Å²) in [7, 11) is 0. The number of para-hydroxylation sites is 1. The molecule has 0 saturated carbocycles. The van der Waals surface area contributed by atoms with E-state index >= 15 is 0 Å². The second-order valence-corrected chi connectivity index (χ2v) is 7.24. The smallest absolute Gasteiger partial charge is 0.330 e. The first-order valence-corrected chi connectivity index (χ1v) is 8.52. The summed E-state index contributed by atoms with van der Waals surface area (Å²) in [4.78, 5) is 24.3. The zero-order valence-electron chi connectivity index (χ0n) is 15.5. The summed E-state index contributed by atoms with van der Waals surface area (Å²) >= 11 is 0. The van der Waals surface area contributed by atoms with Crippen LogP contribution >= 0.6 is 0 Å². The Balaban J connectivity index is 2.37. The molecule has 0 spiro atoms. The third-order valence-electron chi connectivity index (χ3n) is 4.02. The molecular formula is C20H26O5. The number of hydrogen-bond acceptors (Lipinski definition) is 5. The molecule has 0 fully saturated rings. The van der Waals surface area contributed by atoms with Gasteiger partial charge in [-0.3, -0.25) is 4.79 Å². The lowest BCUT2D eigenvalue weighted by atomic mass is 9.77. The summed E-state index contributed by atoms with van der Waals surface area (Å²) in [5, 5.41) is 0. The molecule has 1 unspecified atom stereocenters. The van der Waals surface area contributed by atoms with Gasteiger partial charge >= 0.3 is 11.9 Å². The van der Waals surface area contributed by atoms with E-state index in [4.69, 9.17) is 14.2 Å². The van der Waals surface area contributed by atoms with Crippen molar-refractivity contribution in [2.45, 2.75) is 52.1 Å². The molecule has 0 aromatic heterocycles. The molecule has 1 aromatic rings. The number of rotatable bonds is 4. The van der Waals surface area contributed by atoms with Crippen molar-refractivity contribution in [1.29, 1.82) is 0 Å². The highest BCUT2D eigenvalue weighted by atomic mass is 16.6. The van der Waals surface area contributed by atoms with Crippen molar-refractivity contribution in [3.63, 3.8) is 0 Å². The molecule has 5 nitrogen and oxygen atoms in total. The molecule has 0 bridgehead atoms. The average molecular weight is 346 g/mol. The minimum atomic E-state index is -0.783. The van der Waals surface area contributed by atoms with Crippen LogP contribution in [0.4, 0.5) is 0 Å². The highest BCUT2D eigenvalue weighted by molar-refractivity contribution is 5.89. The van der Waals surface area contributed by atoms with E-state index in [1.807, 2.05) is 45.9 Å². The van der Waals surface area contributed by atoms with Crippen molar-refractivity contribution < 1.29 is 23.8 Å². The Morgan fingerprint density at radius 2 is 2.04 bits per heavy atom. The van der Waals surface area contributed by atoms with E-state index in [0.29, 0.717) is 25.4 Å². The minimum Gasteiger partial charge on any atom is -0.493 e. The number of carbonyl (C=O) groups excluding carboxylic acids is 2. The Morgan fingerprint density at radius 1 is 1.32 bits per heavy atom. The number of carbonyl (C=O) groups is 2. The van der Waals surface area contributed by atoms with Gasteiger partial charge in [0.15, 0.2) is 0 Å². The van der Waals surface area contributed by atoms with Crippen LogP contribution in [-0.4, -0.2) is 30.8 Å². The quantitative estimate of drug-likeness (QED) is 0.615. The number of esters is 2. The van der Waals surface area contributed by atoms with Gasteiger partial charge < -0.3 is 14.2 Å². The van der Waals surface area contributed by atoms with Crippen molar-refractivity contribution in [3.8, 4) is 5.75 Å². The number of hydrogen-bond donors (Lipinski definition) is 0. The van der Waals surface area contributed by atoms with Gasteiger partial charge in [-0.1, -0.05) is 18.2 Å². The molecule has 5 heteroatoms. The van der Waals surface area contributed by atoms with Crippen LogP contribution in [0.5, 0.6) is 5.75 Å². The third-order valence-corrected chi connectivity index (χ3v) is 4.02. The Hall–Kier alpha value is -2.30. The zero-order valence-corrected chi connectivity index (χ0v) is 15.5. The summed E-state index contributed by atoms with van der Waals surface area (Å²) in [6.45, 7) is 9.93. The van der Waals surface area contributed by atoms with Gasteiger partial charge in [0.25, 0.3) is 0 Å². The van der Waals surface area contributed by atoms with Crippen molar-refractivity contribution in [2.75, 3.05) is 13.2 Å². The van der Waals surface area contributed by atoms with Gasteiger partial charge in [-0.15, -0.1) is 0 Å². The largest absolute Gasteiger partial charge is 0.493 e. The normalized spacial score (nSPS) is 19.9. The van der Waals surface area contributed by atoms with Gasteiger partial charge in [0, 0.05) is 23.6 Å². The maximum Gasteiger partial charge on any atom is 0.330 e. The van der Waals surface area contributed by atoms with E-state index in [0.717, 1.165) is 11.1 Å². The van der Waals surface area contributed by atoms with E-state index in [-0.39, 0.29) is 5.97 Å². The van der Waals surface area contributed by atoms with Crippen LogP contribution in [0.1, 0.15) is 52.2 Å². The monoisotopic (exact) mass is 346 g/mol. The first-order chi connectivity index (χ1) is 11.7. The topological polar surface area (TPSA) is 61.8 Å². The minimum absolute atomic E-state index is 0.268. The van der Waals surface area contributed by atoms with Gasteiger partial charge in [-0.25, -0.2) is 4.79 Å². The van der Waals surface area contributed by atoms with Crippen LogP contribution in [0.3, 0.4) is 0 Å². The predicted octanol–water partition coefficient (Wildman–Crippen LogP) is 3.64. The fourth-order valence-electron chi connectivity index (χ4n) is 2.72. The van der Waals surface area contributed by atoms with Crippen LogP contribution in [0, 0.1) is 0 Å². The second kappa shape index (κ2) is 7.30. The maximum absolute atomic E-state index is 12.8. The molecule has 25 heavy (non-hydrogen) atoms. The van der Waals surface area contributed by atoms with Crippen LogP contribution in [-0.2, 0) is 24.5 Å². The number of benzene rings is 1. The first-order valence-electron chi connectivity index (χ1n) is 8.52. The molecule has 0 radical (unpaired) electrons. The van der Waals surface area contributed by atoms with Crippen molar-refractivity contribution in [3.05, 3.63) is 35.4 Å². The molecule has 0 amide bonds. The highest BCUT2D eigenvalue weighted by Gasteiger charge is 2.43. The lowest BCUT2D eigenvalue weighted by Gasteiger charge is -2.36. The Labute approximate surface area is 149 Å². The Kier molecular flexibility index (Phi) is 5.55. The molecule has 0 aliphatic carbocycles. The zero-order chi connectivity index (χ0) is 18.7. The summed E-state index contributed by atoms with van der Waals surface area (Å²) in [5.74, 6) is -0.0652. The molecule has 1 heterocycles. The lowest BCUT2D eigenvalue weighted by molar-refractivity contribution is -0.162. The molecule has 1 aliphatic heterocycles. The summed E-state index contributed by atoms with van der Waals surface area (Å²) in [6.07, 6.45) is 3.56. The van der Waals surface area contributed by atoms with Crippen LogP contribution in [0.25, 0.3) is 6.08 Å². The van der Waals surface area contributed by atoms with Gasteiger partial charge in [-0.05, 0) is 40.7 Å². The van der Waals surface area contributed by atoms with Gasteiger partial charge in [-0.2, -0.15) is 0 Å². The Bertz CT molecular complexity index is 684. The SMILES string of the molecule is CCOC(=O)/C=C/c1cccc2c1OCCC2(C)C(=O)OC(C)(C)C. The third kappa shape index (κ3) is 4.41. The van der Waals surface area contributed by atoms with Gasteiger partial charge in [0.2, 0.25) is 0 Å². The Morgan fingerprint density at radius 3 is 2.68 bits per heavy atom. The van der Waals surface area contributed by atoms with Gasteiger partial charge in [0.05, 0.1) is 18.6 Å². The molecule has 0 N–H and O–H groups in total. The van der Waals surface area contributed by atoms with Crippen LogP contribution in [0.15, 0.2) is 24.3 Å². The molecule has 1 aliphatic rings. The molecule has 136 valence electrons. The molecular weight excluding hydrogens is 320 g/mol. The summed E-state index contributed by atoms with van der Waals surface area (Å²) < 4.78 is 16.3. The number of fused-ring (bicyclic) bond motifs is 1. The number of ether oxygens (including phenoxy) is 3. The summed E-state index contributed by atoms with van der Waals surface area (Å²) in [5.41, 5.74) is 0.174. The molecule has 0 saturated heterocycles. The molecule has 1 atom stereocenters. The fraction of sp³-hybridized carbons (Fsp3) is 0.500. The summed E-state index contributed by atoms with van der Waals surface area (Å²) in [6, 6.07) is 5.57. The predicted molar refractivity (Wildman–Crippen MR) is 95.4 cm³/mol. The average Bonchev–Trinajstić information content (AvgIpc) is 2.52. The van der Waals surface area contributed by atoms with E-state index < -0.39 is 17.0 Å². The van der Waals surface area contributed by atoms with E-state index in [2.05, 4.69) is 0 Å². The fourth-order valence-corrected chi connectivity index (χ4v) is 2.72. The van der Waals surface area contributed by atoms with Crippen LogP contribution < -0.4 is 4.74 Å². The van der Waals surface area contributed by atoms with E-state index in [1.54, 1.807) is 13.0 Å². The highest BCUT2D eigenvalue weighted by Crippen LogP contribution is 2.42. The van der Waals surface area contributed by atoms with E-state index in [9.17, 15) is 9.59 Å². The molecule has 2 rings (SSSR count). The van der Waals surface area contributed by atoms with Crippen LogP contribution in [0.2, 0.25) is 0 Å². The standard InChI is InChI=1S/C20H26O5/c1-6-23-16(21)11-10-14-8-7-9-15-17(14)24-13-12-20(15,5)18(22)25-19(2,3)4/h7-11H,6,12-13H2,1-5H3/b11-10+. The maximum atomic E-state index is 12.8. The molecule has 1 aromatic carbocycles. The van der Waals surface area contributed by atoms with Gasteiger partial charge in [0.1, 0.15) is 11.4 Å². The van der Waals surface area contributed by atoms with Crippen molar-refractivity contribution in [1.82, 2.24) is 0 Å². The first kappa shape index (κ1) is 19.0. The second-order valence-electron chi connectivity index (χ2n) is 7.24.